The third kappa shape index (κ3) is 4.50. The monoisotopic (exact) mass is 340 g/mol. The Labute approximate surface area is 150 Å². The van der Waals surface area contributed by atoms with Crippen molar-refractivity contribution in [2.45, 2.75) is 64.8 Å². The molecule has 3 rings (SSSR count). The first-order valence-corrected chi connectivity index (χ1v) is 9.40. The van der Waals surface area contributed by atoms with Gasteiger partial charge in [0.2, 0.25) is 5.91 Å². The molecule has 1 aliphatic rings. The molecule has 1 saturated carbocycles. The van der Waals surface area contributed by atoms with Gasteiger partial charge in [-0.1, -0.05) is 48.3 Å². The summed E-state index contributed by atoms with van der Waals surface area (Å²) < 4.78 is 5.22. The van der Waals surface area contributed by atoms with E-state index in [4.69, 9.17) is 4.52 Å². The third-order valence-corrected chi connectivity index (χ3v) is 5.34. The summed E-state index contributed by atoms with van der Waals surface area (Å²) in [5.41, 5.74) is 3.29. The quantitative estimate of drug-likeness (QED) is 0.757. The molecular weight excluding hydrogens is 312 g/mol. The first-order chi connectivity index (χ1) is 12.1. The topological polar surface area (TPSA) is 46.3 Å². The van der Waals surface area contributed by atoms with Gasteiger partial charge in [0.15, 0.2) is 0 Å². The predicted molar refractivity (Wildman–Crippen MR) is 98.4 cm³/mol. The minimum Gasteiger partial charge on any atom is -0.361 e. The Morgan fingerprint density at radius 1 is 1.16 bits per heavy atom. The van der Waals surface area contributed by atoms with Crippen molar-refractivity contribution in [1.82, 2.24) is 10.1 Å². The highest BCUT2D eigenvalue weighted by molar-refractivity contribution is 5.77. The van der Waals surface area contributed by atoms with Gasteiger partial charge in [0, 0.05) is 24.6 Å². The van der Waals surface area contributed by atoms with Crippen molar-refractivity contribution in [2.75, 3.05) is 6.54 Å². The number of amides is 1. The number of aryl methyl sites for hydroxylation is 2. The fourth-order valence-corrected chi connectivity index (χ4v) is 3.86. The first kappa shape index (κ1) is 17.7. The number of hydrogen-bond acceptors (Lipinski definition) is 3. The fourth-order valence-electron chi connectivity index (χ4n) is 3.86. The van der Waals surface area contributed by atoms with Gasteiger partial charge < -0.3 is 9.42 Å². The van der Waals surface area contributed by atoms with E-state index in [1.54, 1.807) is 0 Å². The lowest BCUT2D eigenvalue weighted by Crippen LogP contribution is -2.40. The molecule has 0 N–H and O–H groups in total. The summed E-state index contributed by atoms with van der Waals surface area (Å²) in [6.07, 6.45) is 6.95. The summed E-state index contributed by atoms with van der Waals surface area (Å²) >= 11 is 0. The van der Waals surface area contributed by atoms with E-state index in [1.807, 2.05) is 19.9 Å². The fraction of sp³-hybridized carbons (Fsp3) is 0.524. The second kappa shape index (κ2) is 8.32. The Morgan fingerprint density at radius 2 is 1.88 bits per heavy atom. The molecule has 0 spiro atoms. The van der Waals surface area contributed by atoms with Crippen LogP contribution >= 0.6 is 0 Å². The van der Waals surface area contributed by atoms with Crippen LogP contribution in [0.4, 0.5) is 0 Å². The highest BCUT2D eigenvalue weighted by atomic mass is 16.5. The van der Waals surface area contributed by atoms with Crippen LogP contribution in [0.5, 0.6) is 0 Å². The number of carbonyl (C=O) groups is 1. The Kier molecular flexibility index (Phi) is 5.90. The second-order valence-corrected chi connectivity index (χ2v) is 7.06. The number of aromatic nitrogens is 1. The lowest BCUT2D eigenvalue weighted by atomic mass is 10.1. The van der Waals surface area contributed by atoms with Crippen LogP contribution in [0, 0.1) is 13.8 Å². The van der Waals surface area contributed by atoms with Crippen LogP contribution in [0.15, 0.2) is 34.9 Å². The highest BCUT2D eigenvalue weighted by Crippen LogP contribution is 2.25. The van der Waals surface area contributed by atoms with Crippen LogP contribution in [0.1, 0.15) is 54.7 Å². The molecule has 25 heavy (non-hydrogen) atoms. The number of rotatable bonds is 7. The largest absolute Gasteiger partial charge is 0.361 e. The van der Waals surface area contributed by atoms with Gasteiger partial charge in [0.1, 0.15) is 5.76 Å². The van der Waals surface area contributed by atoms with E-state index < -0.39 is 0 Å². The van der Waals surface area contributed by atoms with Gasteiger partial charge in [-0.15, -0.1) is 0 Å². The first-order valence-electron chi connectivity index (χ1n) is 9.40. The van der Waals surface area contributed by atoms with Crippen molar-refractivity contribution in [1.29, 1.82) is 0 Å². The highest BCUT2D eigenvalue weighted by Gasteiger charge is 2.26. The molecule has 2 aromatic rings. The predicted octanol–water partition coefficient (Wildman–Crippen LogP) is 4.24. The summed E-state index contributed by atoms with van der Waals surface area (Å²) in [5, 5.41) is 3.99. The Hall–Kier alpha value is -2.10. The van der Waals surface area contributed by atoms with E-state index in [-0.39, 0.29) is 5.91 Å². The molecule has 0 radical (unpaired) electrons. The Morgan fingerprint density at radius 3 is 2.52 bits per heavy atom. The molecule has 0 aliphatic heterocycles. The number of carbonyl (C=O) groups excluding carboxylic acids is 1. The Balaban J connectivity index is 1.62. The van der Waals surface area contributed by atoms with Gasteiger partial charge >= 0.3 is 0 Å². The SMILES string of the molecule is Cc1noc(C)c1CCC(=O)N(CCc1ccccc1)C1CCCC1. The van der Waals surface area contributed by atoms with Crippen LogP contribution in [-0.2, 0) is 17.6 Å². The van der Waals surface area contributed by atoms with Crippen molar-refractivity contribution in [2.24, 2.45) is 0 Å². The molecule has 1 heterocycles. The molecular formula is C21H28N2O2. The maximum atomic E-state index is 12.9. The van der Waals surface area contributed by atoms with Crippen LogP contribution in [0.25, 0.3) is 0 Å². The summed E-state index contributed by atoms with van der Waals surface area (Å²) in [4.78, 5) is 15.1. The average molecular weight is 340 g/mol. The Bertz CT molecular complexity index is 668. The van der Waals surface area contributed by atoms with Crippen molar-refractivity contribution in [3.8, 4) is 0 Å². The molecule has 134 valence electrons. The van der Waals surface area contributed by atoms with Crippen molar-refractivity contribution >= 4 is 5.91 Å². The molecule has 1 fully saturated rings. The van der Waals surface area contributed by atoms with Gasteiger partial charge in [-0.25, -0.2) is 0 Å². The second-order valence-electron chi connectivity index (χ2n) is 7.06. The zero-order valence-corrected chi connectivity index (χ0v) is 15.3. The van der Waals surface area contributed by atoms with Gasteiger partial charge in [-0.2, -0.15) is 0 Å². The summed E-state index contributed by atoms with van der Waals surface area (Å²) in [6.45, 7) is 4.68. The van der Waals surface area contributed by atoms with Crippen LogP contribution in [0.2, 0.25) is 0 Å². The zero-order valence-electron chi connectivity index (χ0n) is 15.3. The standard InChI is InChI=1S/C21H28N2O2/c1-16-20(17(2)25-22-16)12-13-21(24)23(19-10-6-7-11-19)15-14-18-8-4-3-5-9-18/h3-5,8-9,19H,6-7,10-15H2,1-2H3. The van der Waals surface area contributed by atoms with E-state index in [1.165, 1.54) is 18.4 Å². The summed E-state index contributed by atoms with van der Waals surface area (Å²) in [5.74, 6) is 1.10. The van der Waals surface area contributed by atoms with Gasteiger partial charge in [-0.3, -0.25) is 4.79 Å². The lowest BCUT2D eigenvalue weighted by Gasteiger charge is -2.29. The van der Waals surface area contributed by atoms with Crippen molar-refractivity contribution in [3.63, 3.8) is 0 Å². The molecule has 0 saturated heterocycles. The number of nitrogens with zero attached hydrogens (tertiary/aromatic N) is 2. The van der Waals surface area contributed by atoms with E-state index in [2.05, 4.69) is 34.3 Å². The number of hydrogen-bond donors (Lipinski definition) is 0. The maximum absolute atomic E-state index is 12.9. The van der Waals surface area contributed by atoms with Gasteiger partial charge in [-0.05, 0) is 45.1 Å². The molecule has 1 aromatic heterocycles. The van der Waals surface area contributed by atoms with E-state index in [9.17, 15) is 4.79 Å². The third-order valence-electron chi connectivity index (χ3n) is 5.34. The smallest absolute Gasteiger partial charge is 0.223 e. The van der Waals surface area contributed by atoms with Crippen molar-refractivity contribution in [3.05, 3.63) is 52.9 Å². The molecule has 4 nitrogen and oxygen atoms in total. The number of benzene rings is 1. The molecule has 4 heteroatoms. The van der Waals surface area contributed by atoms with Gasteiger partial charge in [0.05, 0.1) is 5.69 Å². The van der Waals surface area contributed by atoms with Crippen LogP contribution < -0.4 is 0 Å². The zero-order chi connectivity index (χ0) is 17.6. The van der Waals surface area contributed by atoms with Gasteiger partial charge in [0.25, 0.3) is 0 Å². The molecule has 0 bridgehead atoms. The average Bonchev–Trinajstić information content (AvgIpc) is 3.25. The van der Waals surface area contributed by atoms with Crippen molar-refractivity contribution < 1.29 is 9.32 Å². The molecule has 1 aliphatic carbocycles. The van der Waals surface area contributed by atoms with E-state index >= 15 is 0 Å². The molecule has 1 amide bonds. The minimum absolute atomic E-state index is 0.267. The molecule has 0 atom stereocenters. The molecule has 1 aromatic carbocycles. The van der Waals surface area contributed by atoms with Crippen LogP contribution in [0.3, 0.4) is 0 Å². The summed E-state index contributed by atoms with van der Waals surface area (Å²) in [6, 6.07) is 10.9. The maximum Gasteiger partial charge on any atom is 0.223 e. The molecule has 0 unspecified atom stereocenters. The van der Waals surface area contributed by atoms with Crippen LogP contribution in [-0.4, -0.2) is 28.6 Å². The summed E-state index contributed by atoms with van der Waals surface area (Å²) in [7, 11) is 0. The minimum atomic E-state index is 0.267. The van der Waals surface area contributed by atoms with E-state index in [0.717, 1.165) is 42.8 Å². The normalized spacial score (nSPS) is 14.8. The lowest BCUT2D eigenvalue weighted by molar-refractivity contribution is -0.133. The van der Waals surface area contributed by atoms with E-state index in [0.29, 0.717) is 18.9 Å².